The molecule has 0 radical (unpaired) electrons. The highest BCUT2D eigenvalue weighted by Crippen LogP contribution is 2.22. The maximum absolute atomic E-state index is 11.8. The van der Waals surface area contributed by atoms with Crippen molar-refractivity contribution in [2.24, 2.45) is 5.10 Å². The second-order valence-corrected chi connectivity index (χ2v) is 4.78. The molecule has 0 heterocycles. The summed E-state index contributed by atoms with van der Waals surface area (Å²) in [6, 6.07) is 5.27. The Labute approximate surface area is 118 Å². The molecule has 1 N–H and O–H groups in total. The van der Waals surface area contributed by atoms with Crippen LogP contribution in [0, 0.1) is 6.92 Å². The Morgan fingerprint density at radius 2 is 2.21 bits per heavy atom. The van der Waals surface area contributed by atoms with E-state index in [9.17, 15) is 4.79 Å². The van der Waals surface area contributed by atoms with Gasteiger partial charge in [0.05, 0.1) is 0 Å². The molecule has 0 aliphatic carbocycles. The van der Waals surface area contributed by atoms with Crippen LogP contribution in [0.1, 0.15) is 32.8 Å². The summed E-state index contributed by atoms with van der Waals surface area (Å²) < 4.78 is 5.59. The number of hydrogen-bond acceptors (Lipinski definition) is 3. The monoisotopic (exact) mass is 282 g/mol. The first kappa shape index (κ1) is 15.5. The van der Waals surface area contributed by atoms with Crippen LogP contribution in [0.2, 0.25) is 5.02 Å². The SMILES string of the molecule is CC/C(C)=N/NC(=O)C(C)Oc1ccc(Cl)cc1C. The first-order valence-electron chi connectivity index (χ1n) is 6.19. The minimum absolute atomic E-state index is 0.276. The number of ether oxygens (including phenoxy) is 1. The molecule has 0 fully saturated rings. The molecule has 1 rings (SSSR count). The number of amides is 1. The van der Waals surface area contributed by atoms with Gasteiger partial charge in [-0.25, -0.2) is 5.43 Å². The predicted molar refractivity (Wildman–Crippen MR) is 77.8 cm³/mol. The standard InChI is InChI=1S/C14H19ClN2O2/c1-5-10(3)16-17-14(18)11(4)19-13-7-6-12(15)8-9(13)2/h6-8,11H,5H2,1-4H3,(H,17,18)/b16-10+. The van der Waals surface area contributed by atoms with Gasteiger partial charge in [0.1, 0.15) is 5.75 Å². The van der Waals surface area contributed by atoms with Gasteiger partial charge in [-0.15, -0.1) is 0 Å². The van der Waals surface area contributed by atoms with E-state index in [4.69, 9.17) is 16.3 Å². The molecule has 1 amide bonds. The van der Waals surface area contributed by atoms with Crippen LogP contribution in [0.15, 0.2) is 23.3 Å². The Morgan fingerprint density at radius 1 is 1.53 bits per heavy atom. The number of carbonyl (C=O) groups is 1. The summed E-state index contributed by atoms with van der Waals surface area (Å²) in [5.74, 6) is 0.366. The highest BCUT2D eigenvalue weighted by molar-refractivity contribution is 6.30. The predicted octanol–water partition coefficient (Wildman–Crippen LogP) is 3.32. The third kappa shape index (κ3) is 4.91. The van der Waals surface area contributed by atoms with Crippen LogP contribution in [-0.2, 0) is 4.79 Å². The van der Waals surface area contributed by atoms with Crippen LogP contribution >= 0.6 is 11.6 Å². The zero-order valence-corrected chi connectivity index (χ0v) is 12.4. The summed E-state index contributed by atoms with van der Waals surface area (Å²) >= 11 is 5.86. The fraction of sp³-hybridized carbons (Fsp3) is 0.429. The van der Waals surface area contributed by atoms with Crippen molar-refractivity contribution >= 4 is 23.2 Å². The molecule has 4 nitrogen and oxygen atoms in total. The summed E-state index contributed by atoms with van der Waals surface area (Å²) in [7, 11) is 0. The van der Waals surface area contributed by atoms with Gasteiger partial charge in [-0.05, 0) is 51.0 Å². The van der Waals surface area contributed by atoms with Crippen molar-refractivity contribution in [3.63, 3.8) is 0 Å². The zero-order chi connectivity index (χ0) is 14.4. The summed E-state index contributed by atoms with van der Waals surface area (Å²) in [6.07, 6.45) is 0.180. The van der Waals surface area contributed by atoms with Crippen LogP contribution in [0.25, 0.3) is 0 Å². The largest absolute Gasteiger partial charge is 0.481 e. The second kappa shape index (κ2) is 7.14. The Bertz CT molecular complexity index is 486. The average molecular weight is 283 g/mol. The molecule has 0 spiro atoms. The lowest BCUT2D eigenvalue weighted by Gasteiger charge is -2.15. The lowest BCUT2D eigenvalue weighted by atomic mass is 10.2. The van der Waals surface area contributed by atoms with Crippen molar-refractivity contribution in [2.75, 3.05) is 0 Å². The molecule has 1 atom stereocenters. The van der Waals surface area contributed by atoms with Gasteiger partial charge in [0, 0.05) is 10.7 Å². The van der Waals surface area contributed by atoms with E-state index in [1.807, 2.05) is 20.8 Å². The third-order valence-electron chi connectivity index (χ3n) is 2.68. The van der Waals surface area contributed by atoms with Gasteiger partial charge in [-0.1, -0.05) is 18.5 Å². The van der Waals surface area contributed by atoms with E-state index in [0.717, 1.165) is 17.7 Å². The van der Waals surface area contributed by atoms with Crippen molar-refractivity contribution in [3.05, 3.63) is 28.8 Å². The minimum atomic E-state index is -0.617. The topological polar surface area (TPSA) is 50.7 Å². The Morgan fingerprint density at radius 3 is 2.79 bits per heavy atom. The van der Waals surface area contributed by atoms with Crippen molar-refractivity contribution < 1.29 is 9.53 Å². The lowest BCUT2D eigenvalue weighted by molar-refractivity contribution is -0.127. The molecule has 104 valence electrons. The number of halogens is 1. The number of rotatable bonds is 5. The molecule has 19 heavy (non-hydrogen) atoms. The molecule has 0 saturated carbocycles. The highest BCUT2D eigenvalue weighted by Gasteiger charge is 2.15. The number of carbonyl (C=O) groups excluding carboxylic acids is 1. The maximum atomic E-state index is 11.8. The van der Waals surface area contributed by atoms with Gasteiger partial charge in [-0.2, -0.15) is 5.10 Å². The number of aryl methyl sites for hydroxylation is 1. The Balaban J connectivity index is 2.63. The molecule has 0 aliphatic rings. The van der Waals surface area contributed by atoms with Crippen LogP contribution in [0.5, 0.6) is 5.75 Å². The van der Waals surface area contributed by atoms with Crippen LogP contribution in [-0.4, -0.2) is 17.7 Å². The van der Waals surface area contributed by atoms with Gasteiger partial charge in [-0.3, -0.25) is 4.79 Å². The molecule has 1 aromatic carbocycles. The Kier molecular flexibility index (Phi) is 5.83. The number of hydrogen-bond donors (Lipinski definition) is 1. The fourth-order valence-electron chi connectivity index (χ4n) is 1.31. The average Bonchev–Trinajstić information content (AvgIpc) is 2.38. The highest BCUT2D eigenvalue weighted by atomic mass is 35.5. The Hall–Kier alpha value is -1.55. The smallest absolute Gasteiger partial charge is 0.280 e. The number of benzene rings is 1. The van der Waals surface area contributed by atoms with Gasteiger partial charge in [0.15, 0.2) is 6.10 Å². The molecular weight excluding hydrogens is 264 g/mol. The van der Waals surface area contributed by atoms with Crippen molar-refractivity contribution in [2.45, 2.75) is 40.2 Å². The van der Waals surface area contributed by atoms with Gasteiger partial charge < -0.3 is 4.74 Å². The number of nitrogens with one attached hydrogen (secondary N) is 1. The van der Waals surface area contributed by atoms with E-state index in [1.165, 1.54) is 0 Å². The van der Waals surface area contributed by atoms with E-state index < -0.39 is 6.10 Å². The van der Waals surface area contributed by atoms with E-state index in [-0.39, 0.29) is 5.91 Å². The summed E-state index contributed by atoms with van der Waals surface area (Å²) in [5, 5.41) is 4.60. The van der Waals surface area contributed by atoms with Gasteiger partial charge in [0.2, 0.25) is 0 Å². The van der Waals surface area contributed by atoms with E-state index in [2.05, 4.69) is 10.5 Å². The third-order valence-corrected chi connectivity index (χ3v) is 2.91. The molecule has 1 unspecified atom stereocenters. The molecule has 0 aromatic heterocycles. The molecule has 0 saturated heterocycles. The number of nitrogens with zero attached hydrogens (tertiary/aromatic N) is 1. The van der Waals surface area contributed by atoms with E-state index in [0.29, 0.717) is 10.8 Å². The minimum Gasteiger partial charge on any atom is -0.481 e. The summed E-state index contributed by atoms with van der Waals surface area (Å²) in [5.41, 5.74) is 4.24. The fourth-order valence-corrected chi connectivity index (χ4v) is 1.54. The molecule has 0 bridgehead atoms. The normalized spacial score (nSPS) is 13.0. The van der Waals surface area contributed by atoms with Crippen molar-refractivity contribution in [1.29, 1.82) is 0 Å². The van der Waals surface area contributed by atoms with Crippen LogP contribution in [0.3, 0.4) is 0 Å². The molecular formula is C14H19ClN2O2. The first-order chi connectivity index (χ1) is 8.93. The molecule has 1 aromatic rings. The molecule has 0 aliphatic heterocycles. The van der Waals surface area contributed by atoms with Crippen LogP contribution in [0.4, 0.5) is 0 Å². The summed E-state index contributed by atoms with van der Waals surface area (Å²) in [6.45, 7) is 7.39. The quantitative estimate of drug-likeness (QED) is 0.665. The van der Waals surface area contributed by atoms with Gasteiger partial charge in [0.25, 0.3) is 5.91 Å². The van der Waals surface area contributed by atoms with E-state index >= 15 is 0 Å². The summed E-state index contributed by atoms with van der Waals surface area (Å²) in [4.78, 5) is 11.8. The van der Waals surface area contributed by atoms with Crippen molar-refractivity contribution in [3.8, 4) is 5.75 Å². The first-order valence-corrected chi connectivity index (χ1v) is 6.57. The lowest BCUT2D eigenvalue weighted by Crippen LogP contribution is -2.34. The maximum Gasteiger partial charge on any atom is 0.280 e. The van der Waals surface area contributed by atoms with Gasteiger partial charge >= 0.3 is 0 Å². The zero-order valence-electron chi connectivity index (χ0n) is 11.7. The van der Waals surface area contributed by atoms with Crippen LogP contribution < -0.4 is 10.2 Å². The molecule has 5 heteroatoms. The number of hydrazone groups is 1. The van der Waals surface area contributed by atoms with Crippen molar-refractivity contribution in [1.82, 2.24) is 5.43 Å². The second-order valence-electron chi connectivity index (χ2n) is 4.35. The van der Waals surface area contributed by atoms with E-state index in [1.54, 1.807) is 25.1 Å².